The highest BCUT2D eigenvalue weighted by atomic mass is 16.5. The molecule has 5 atom stereocenters. The van der Waals surface area contributed by atoms with Crippen molar-refractivity contribution >= 4 is 5.97 Å². The van der Waals surface area contributed by atoms with E-state index in [1.807, 2.05) is 6.92 Å². The molecule has 0 amide bonds. The summed E-state index contributed by atoms with van der Waals surface area (Å²) in [4.78, 5) is 11.7. The Labute approximate surface area is 126 Å². The molecule has 1 heterocycles. The van der Waals surface area contributed by atoms with Gasteiger partial charge in [0.25, 0.3) is 0 Å². The van der Waals surface area contributed by atoms with Crippen molar-refractivity contribution in [3.63, 3.8) is 0 Å². The molecule has 0 aromatic heterocycles. The van der Waals surface area contributed by atoms with Crippen LogP contribution in [0, 0.1) is 11.3 Å². The minimum Gasteiger partial charge on any atom is -0.460 e. The first-order chi connectivity index (χ1) is 9.90. The van der Waals surface area contributed by atoms with Gasteiger partial charge in [-0.25, -0.2) is 4.79 Å². The first-order valence-electron chi connectivity index (χ1n) is 7.83. The molecule has 0 bridgehead atoms. The molecule has 0 spiro atoms. The van der Waals surface area contributed by atoms with Gasteiger partial charge in [0.2, 0.25) is 0 Å². The summed E-state index contributed by atoms with van der Waals surface area (Å²) >= 11 is 0. The van der Waals surface area contributed by atoms with Crippen molar-refractivity contribution in [2.75, 3.05) is 0 Å². The van der Waals surface area contributed by atoms with Gasteiger partial charge in [-0.3, -0.25) is 0 Å². The quantitative estimate of drug-likeness (QED) is 0.531. The van der Waals surface area contributed by atoms with E-state index in [-0.39, 0.29) is 17.4 Å². The molecular formula is C17H26O4. The molecule has 4 nitrogen and oxygen atoms in total. The number of allylic oxidation sites excluding steroid dienone is 2. The third-order valence-corrected chi connectivity index (χ3v) is 4.69. The monoisotopic (exact) mass is 294 g/mol. The molecule has 0 radical (unpaired) electrons. The third-order valence-electron chi connectivity index (χ3n) is 4.69. The van der Waals surface area contributed by atoms with Gasteiger partial charge in [0.1, 0.15) is 0 Å². The molecule has 2 N–H and O–H groups in total. The number of hydrogen-bond donors (Lipinski definition) is 2. The topological polar surface area (TPSA) is 66.8 Å². The molecule has 1 aliphatic carbocycles. The standard InChI is InChI=1S/C17H26O4/c1-12-6-4-3-5-9-17(2)11-13(18)10-14(17)15(19)7-8-16(20)21-12/h5,7-9,12-15,18-19H,3-4,6,10-11H2,1-2H3/b8-7?,9-5+/t12-,13+,14-,15+,17+/m0/s1. The highest BCUT2D eigenvalue weighted by Gasteiger charge is 2.44. The van der Waals surface area contributed by atoms with Crippen LogP contribution >= 0.6 is 0 Å². The summed E-state index contributed by atoms with van der Waals surface area (Å²) in [6, 6.07) is 0. The number of aliphatic hydroxyl groups is 2. The number of fused-ring (bicyclic) bond motifs is 1. The zero-order chi connectivity index (χ0) is 15.5. The molecule has 0 unspecified atom stereocenters. The predicted octanol–water partition coefficient (Wildman–Crippen LogP) is 2.35. The van der Waals surface area contributed by atoms with Crippen LogP contribution in [-0.4, -0.2) is 34.5 Å². The lowest BCUT2D eigenvalue weighted by Crippen LogP contribution is -2.29. The first-order valence-corrected chi connectivity index (χ1v) is 7.83. The van der Waals surface area contributed by atoms with E-state index in [2.05, 4.69) is 19.1 Å². The van der Waals surface area contributed by atoms with Crippen molar-refractivity contribution in [2.24, 2.45) is 11.3 Å². The summed E-state index contributed by atoms with van der Waals surface area (Å²) in [5.74, 6) is -0.486. The van der Waals surface area contributed by atoms with E-state index >= 15 is 0 Å². The van der Waals surface area contributed by atoms with E-state index in [9.17, 15) is 15.0 Å². The van der Waals surface area contributed by atoms with Crippen molar-refractivity contribution in [2.45, 2.75) is 64.3 Å². The summed E-state index contributed by atoms with van der Waals surface area (Å²) in [5, 5.41) is 20.3. The molecule has 2 rings (SSSR count). The molecular weight excluding hydrogens is 268 g/mol. The number of cyclic esters (lactones) is 1. The van der Waals surface area contributed by atoms with E-state index in [0.29, 0.717) is 12.8 Å². The van der Waals surface area contributed by atoms with Gasteiger partial charge < -0.3 is 14.9 Å². The molecule has 0 aromatic carbocycles. The van der Waals surface area contributed by atoms with Gasteiger partial charge in [-0.05, 0) is 56.4 Å². The van der Waals surface area contributed by atoms with E-state index in [0.717, 1.165) is 19.3 Å². The number of ether oxygens (including phenoxy) is 1. The van der Waals surface area contributed by atoms with Gasteiger partial charge in [0.05, 0.1) is 18.3 Å². The Morgan fingerprint density at radius 2 is 2.14 bits per heavy atom. The summed E-state index contributed by atoms with van der Waals surface area (Å²) < 4.78 is 5.26. The summed E-state index contributed by atoms with van der Waals surface area (Å²) in [5.41, 5.74) is -0.229. The number of aliphatic hydroxyl groups excluding tert-OH is 2. The van der Waals surface area contributed by atoms with Crippen LogP contribution in [0.1, 0.15) is 46.0 Å². The summed E-state index contributed by atoms with van der Waals surface area (Å²) in [7, 11) is 0. The van der Waals surface area contributed by atoms with E-state index in [1.54, 1.807) is 0 Å². The summed E-state index contributed by atoms with van der Waals surface area (Å²) in [6.45, 7) is 3.96. The molecule has 4 heteroatoms. The van der Waals surface area contributed by atoms with Crippen LogP contribution < -0.4 is 0 Å². The van der Waals surface area contributed by atoms with Crippen molar-refractivity contribution < 1.29 is 19.7 Å². The second-order valence-electron chi connectivity index (χ2n) is 6.64. The Bertz CT molecular complexity index is 429. The maximum atomic E-state index is 11.7. The predicted molar refractivity (Wildman–Crippen MR) is 80.5 cm³/mol. The van der Waals surface area contributed by atoms with Crippen LogP contribution in [0.5, 0.6) is 0 Å². The molecule has 21 heavy (non-hydrogen) atoms. The lowest BCUT2D eigenvalue weighted by atomic mass is 9.76. The SMILES string of the molecule is C[C@H]1CCC/C=C/[C@]2(C)C[C@H](O)C[C@H]2[C@H](O)C=CC(=O)O1. The lowest BCUT2D eigenvalue weighted by Gasteiger charge is -2.30. The molecule has 0 aromatic rings. The number of carbonyl (C=O) groups is 1. The fourth-order valence-electron chi connectivity index (χ4n) is 3.51. The second kappa shape index (κ2) is 6.75. The number of esters is 1. The second-order valence-corrected chi connectivity index (χ2v) is 6.64. The lowest BCUT2D eigenvalue weighted by molar-refractivity contribution is -0.142. The van der Waals surface area contributed by atoms with Crippen LogP contribution in [0.15, 0.2) is 24.3 Å². The highest BCUT2D eigenvalue weighted by molar-refractivity contribution is 5.82. The Morgan fingerprint density at radius 1 is 1.38 bits per heavy atom. The van der Waals surface area contributed by atoms with Crippen LogP contribution in [-0.2, 0) is 9.53 Å². The molecule has 1 saturated carbocycles. The highest BCUT2D eigenvalue weighted by Crippen LogP contribution is 2.46. The fourth-order valence-corrected chi connectivity index (χ4v) is 3.51. The summed E-state index contributed by atoms with van der Waals surface area (Å²) in [6.07, 6.45) is 9.75. The van der Waals surface area contributed by atoms with Crippen molar-refractivity contribution in [3.8, 4) is 0 Å². The van der Waals surface area contributed by atoms with Crippen molar-refractivity contribution in [1.29, 1.82) is 0 Å². The van der Waals surface area contributed by atoms with E-state index in [4.69, 9.17) is 4.74 Å². The van der Waals surface area contributed by atoms with Gasteiger partial charge >= 0.3 is 5.97 Å². The van der Waals surface area contributed by atoms with Crippen LogP contribution in [0.25, 0.3) is 0 Å². The van der Waals surface area contributed by atoms with Gasteiger partial charge in [-0.2, -0.15) is 0 Å². The normalized spacial score (nSPS) is 43.1. The Hall–Kier alpha value is -1.13. The van der Waals surface area contributed by atoms with E-state index < -0.39 is 18.2 Å². The number of rotatable bonds is 0. The maximum Gasteiger partial charge on any atom is 0.330 e. The Balaban J connectivity index is 2.20. The molecule has 1 fully saturated rings. The van der Waals surface area contributed by atoms with Crippen molar-refractivity contribution in [3.05, 3.63) is 24.3 Å². The van der Waals surface area contributed by atoms with Gasteiger partial charge in [-0.15, -0.1) is 0 Å². The minimum atomic E-state index is -0.750. The third kappa shape index (κ3) is 4.17. The van der Waals surface area contributed by atoms with Crippen LogP contribution in [0.3, 0.4) is 0 Å². The van der Waals surface area contributed by atoms with Crippen molar-refractivity contribution in [1.82, 2.24) is 0 Å². The molecule has 2 aliphatic rings. The smallest absolute Gasteiger partial charge is 0.330 e. The van der Waals surface area contributed by atoms with E-state index in [1.165, 1.54) is 12.2 Å². The van der Waals surface area contributed by atoms with Gasteiger partial charge in [0, 0.05) is 6.08 Å². The Kier molecular flexibility index (Phi) is 5.22. The van der Waals surface area contributed by atoms with Crippen LogP contribution in [0.4, 0.5) is 0 Å². The molecule has 1 aliphatic heterocycles. The number of hydrogen-bond acceptors (Lipinski definition) is 4. The maximum absolute atomic E-state index is 11.7. The number of carbonyl (C=O) groups excluding carboxylic acids is 1. The largest absolute Gasteiger partial charge is 0.460 e. The zero-order valence-corrected chi connectivity index (χ0v) is 12.9. The average molecular weight is 294 g/mol. The molecule has 118 valence electrons. The fraction of sp³-hybridized carbons (Fsp3) is 0.706. The Morgan fingerprint density at radius 3 is 2.90 bits per heavy atom. The van der Waals surface area contributed by atoms with Crippen LogP contribution in [0.2, 0.25) is 0 Å². The molecule has 0 saturated heterocycles. The zero-order valence-electron chi connectivity index (χ0n) is 12.9. The van der Waals surface area contributed by atoms with Gasteiger partial charge in [0.15, 0.2) is 0 Å². The first kappa shape index (κ1) is 16.2. The average Bonchev–Trinajstić information content (AvgIpc) is 2.70. The van der Waals surface area contributed by atoms with Gasteiger partial charge in [-0.1, -0.05) is 19.1 Å². The minimum absolute atomic E-state index is 0.0778.